The first-order chi connectivity index (χ1) is 15.4. The molecule has 32 heavy (non-hydrogen) atoms. The molecule has 0 bridgehead atoms. The zero-order valence-corrected chi connectivity index (χ0v) is 18.2. The van der Waals surface area contributed by atoms with Crippen LogP contribution in [0.3, 0.4) is 0 Å². The van der Waals surface area contributed by atoms with Crippen molar-refractivity contribution in [2.45, 2.75) is 25.8 Å². The lowest BCUT2D eigenvalue weighted by Crippen LogP contribution is -2.45. The summed E-state index contributed by atoms with van der Waals surface area (Å²) in [5, 5.41) is 12.9. The maximum absolute atomic E-state index is 12.4. The monoisotopic (exact) mass is 438 g/mol. The molecule has 168 valence electrons. The van der Waals surface area contributed by atoms with Crippen LogP contribution in [-0.2, 0) is 22.4 Å². The fraction of sp³-hybridized carbons (Fsp3) is 0.304. The predicted molar refractivity (Wildman–Crippen MR) is 120 cm³/mol. The minimum atomic E-state index is -0.720. The van der Waals surface area contributed by atoms with E-state index in [4.69, 9.17) is 9.47 Å². The van der Waals surface area contributed by atoms with Gasteiger partial charge in [0.15, 0.2) is 11.5 Å². The van der Waals surface area contributed by atoms with Gasteiger partial charge in [0.2, 0.25) is 11.8 Å². The molecular weight excluding hydrogens is 412 g/mol. The number of nitrogens with one attached hydrogen (secondary N) is 3. The zero-order valence-electron chi connectivity index (χ0n) is 18.2. The van der Waals surface area contributed by atoms with Gasteiger partial charge in [0.05, 0.1) is 31.7 Å². The number of hydrogen-bond acceptors (Lipinski definition) is 6. The van der Waals surface area contributed by atoms with E-state index >= 15 is 0 Å². The van der Waals surface area contributed by atoms with Crippen molar-refractivity contribution in [1.82, 2.24) is 20.8 Å². The second kappa shape index (κ2) is 10.4. The van der Waals surface area contributed by atoms with Gasteiger partial charge in [-0.25, -0.2) is 5.10 Å². The van der Waals surface area contributed by atoms with E-state index in [1.165, 1.54) is 0 Å². The second-order valence-corrected chi connectivity index (χ2v) is 7.24. The van der Waals surface area contributed by atoms with Gasteiger partial charge < -0.3 is 20.1 Å². The van der Waals surface area contributed by atoms with E-state index in [1.54, 1.807) is 45.4 Å². The fourth-order valence-corrected chi connectivity index (χ4v) is 3.34. The number of hydrogen-bond donors (Lipinski definition) is 3. The molecule has 0 aliphatic heterocycles. The third kappa shape index (κ3) is 5.42. The summed E-state index contributed by atoms with van der Waals surface area (Å²) in [4.78, 5) is 36.7. The molecule has 1 aromatic heterocycles. The third-order valence-electron chi connectivity index (χ3n) is 5.03. The van der Waals surface area contributed by atoms with Gasteiger partial charge in [-0.05, 0) is 37.1 Å². The first kappa shape index (κ1) is 22.8. The average molecular weight is 438 g/mol. The van der Waals surface area contributed by atoms with Crippen molar-refractivity contribution in [2.75, 3.05) is 20.8 Å². The largest absolute Gasteiger partial charge is 0.493 e. The molecule has 3 aromatic rings. The van der Waals surface area contributed by atoms with Crippen LogP contribution in [0.1, 0.15) is 18.2 Å². The molecule has 3 N–H and O–H groups in total. The molecule has 0 saturated carbocycles. The standard InChI is InChI=1S/C23H26N4O5/c1-14(22(29)24-11-10-15-8-9-19(31-2)20(12-15)32-3)25-21(28)13-18-16-6-4-5-7-17(16)23(30)27-26-18/h4-9,12,14H,10-11,13H2,1-3H3,(H,24,29)(H,25,28)(H,27,30). The van der Waals surface area contributed by atoms with Crippen LogP contribution >= 0.6 is 0 Å². The summed E-state index contributed by atoms with van der Waals surface area (Å²) in [5.41, 5.74) is 1.11. The molecule has 0 aliphatic carbocycles. The van der Waals surface area contributed by atoms with Crippen LogP contribution in [0.2, 0.25) is 0 Å². The highest BCUT2D eigenvalue weighted by atomic mass is 16.5. The number of aromatic nitrogens is 2. The maximum atomic E-state index is 12.4. The number of carbonyl (C=O) groups excluding carboxylic acids is 2. The van der Waals surface area contributed by atoms with E-state index in [9.17, 15) is 14.4 Å². The lowest BCUT2D eigenvalue weighted by molar-refractivity contribution is -0.128. The van der Waals surface area contributed by atoms with Gasteiger partial charge in [0, 0.05) is 11.9 Å². The third-order valence-corrected chi connectivity index (χ3v) is 5.03. The second-order valence-electron chi connectivity index (χ2n) is 7.24. The summed E-state index contributed by atoms with van der Waals surface area (Å²) >= 11 is 0. The van der Waals surface area contributed by atoms with Crippen molar-refractivity contribution in [2.24, 2.45) is 0 Å². The molecule has 0 fully saturated rings. The van der Waals surface area contributed by atoms with Crippen LogP contribution in [0.25, 0.3) is 10.8 Å². The molecule has 0 saturated heterocycles. The van der Waals surface area contributed by atoms with Gasteiger partial charge in [-0.15, -0.1) is 0 Å². The molecule has 2 aromatic carbocycles. The smallest absolute Gasteiger partial charge is 0.272 e. The Morgan fingerprint density at radius 2 is 1.78 bits per heavy atom. The van der Waals surface area contributed by atoms with Gasteiger partial charge in [0.25, 0.3) is 5.56 Å². The van der Waals surface area contributed by atoms with Gasteiger partial charge in [-0.1, -0.05) is 24.3 Å². The number of fused-ring (bicyclic) bond motifs is 1. The van der Waals surface area contributed by atoms with Crippen molar-refractivity contribution >= 4 is 22.6 Å². The molecule has 1 atom stereocenters. The zero-order chi connectivity index (χ0) is 23.1. The molecular formula is C23H26N4O5. The number of ether oxygens (including phenoxy) is 2. The Morgan fingerprint density at radius 1 is 1.06 bits per heavy atom. The van der Waals surface area contributed by atoms with E-state index in [2.05, 4.69) is 20.8 Å². The Balaban J connectivity index is 1.52. The van der Waals surface area contributed by atoms with Crippen LogP contribution in [0.5, 0.6) is 11.5 Å². The number of nitrogens with zero attached hydrogens (tertiary/aromatic N) is 1. The average Bonchev–Trinajstić information content (AvgIpc) is 2.80. The van der Waals surface area contributed by atoms with Gasteiger partial charge in [-0.2, -0.15) is 5.10 Å². The summed E-state index contributed by atoms with van der Waals surface area (Å²) in [6, 6.07) is 11.8. The first-order valence-corrected chi connectivity index (χ1v) is 10.2. The highest BCUT2D eigenvalue weighted by Gasteiger charge is 2.17. The van der Waals surface area contributed by atoms with Crippen LogP contribution in [0.4, 0.5) is 0 Å². The van der Waals surface area contributed by atoms with Crippen molar-refractivity contribution in [3.8, 4) is 11.5 Å². The number of aromatic amines is 1. The number of H-pyrrole nitrogens is 1. The topological polar surface area (TPSA) is 122 Å². The van der Waals surface area contributed by atoms with Gasteiger partial charge in [-0.3, -0.25) is 14.4 Å². The molecule has 1 unspecified atom stereocenters. The van der Waals surface area contributed by atoms with E-state index in [1.807, 2.05) is 18.2 Å². The molecule has 3 rings (SSSR count). The fourth-order valence-electron chi connectivity index (χ4n) is 3.34. The quantitative estimate of drug-likeness (QED) is 0.464. The summed E-state index contributed by atoms with van der Waals surface area (Å²) < 4.78 is 10.5. The molecule has 9 heteroatoms. The van der Waals surface area contributed by atoms with Crippen molar-refractivity contribution in [3.05, 3.63) is 64.1 Å². The van der Waals surface area contributed by atoms with Crippen LogP contribution in [-0.4, -0.2) is 48.8 Å². The summed E-state index contributed by atoms with van der Waals surface area (Å²) in [6.45, 7) is 2.02. The molecule has 0 spiro atoms. The number of rotatable bonds is 9. The number of methoxy groups -OCH3 is 2. The van der Waals surface area contributed by atoms with E-state index in [0.29, 0.717) is 40.9 Å². The van der Waals surface area contributed by atoms with Gasteiger partial charge in [0.1, 0.15) is 6.04 Å². The van der Waals surface area contributed by atoms with Gasteiger partial charge >= 0.3 is 0 Å². The van der Waals surface area contributed by atoms with E-state index in [0.717, 1.165) is 5.56 Å². The number of benzene rings is 2. The summed E-state index contributed by atoms with van der Waals surface area (Å²) in [6.07, 6.45) is 0.542. The van der Waals surface area contributed by atoms with Crippen LogP contribution in [0, 0.1) is 0 Å². The number of amides is 2. The Morgan fingerprint density at radius 3 is 2.50 bits per heavy atom. The van der Waals surface area contributed by atoms with Crippen LogP contribution in [0.15, 0.2) is 47.3 Å². The lowest BCUT2D eigenvalue weighted by atomic mass is 10.1. The maximum Gasteiger partial charge on any atom is 0.272 e. The van der Waals surface area contributed by atoms with Crippen molar-refractivity contribution in [1.29, 1.82) is 0 Å². The lowest BCUT2D eigenvalue weighted by Gasteiger charge is -2.15. The highest BCUT2D eigenvalue weighted by molar-refractivity contribution is 5.91. The van der Waals surface area contributed by atoms with Crippen LogP contribution < -0.4 is 25.7 Å². The van der Waals surface area contributed by atoms with E-state index in [-0.39, 0.29) is 23.8 Å². The van der Waals surface area contributed by atoms with E-state index < -0.39 is 6.04 Å². The molecule has 9 nitrogen and oxygen atoms in total. The SMILES string of the molecule is COc1ccc(CCNC(=O)C(C)NC(=O)Cc2n[nH]c(=O)c3ccccc23)cc1OC. The Kier molecular flexibility index (Phi) is 7.43. The summed E-state index contributed by atoms with van der Waals surface area (Å²) in [7, 11) is 3.14. The predicted octanol–water partition coefficient (Wildman–Crippen LogP) is 1.35. The Labute approximate surface area is 185 Å². The van der Waals surface area contributed by atoms with Crippen molar-refractivity contribution in [3.63, 3.8) is 0 Å². The minimum absolute atomic E-state index is 0.0550. The summed E-state index contributed by atoms with van der Waals surface area (Å²) in [5.74, 6) is 0.608. The molecule has 1 heterocycles. The Hall–Kier alpha value is -3.88. The normalized spacial score (nSPS) is 11.6. The minimum Gasteiger partial charge on any atom is -0.493 e. The highest BCUT2D eigenvalue weighted by Crippen LogP contribution is 2.27. The number of carbonyl (C=O) groups is 2. The van der Waals surface area contributed by atoms with Crippen molar-refractivity contribution < 1.29 is 19.1 Å². The first-order valence-electron chi connectivity index (χ1n) is 10.2. The molecule has 2 amide bonds. The molecule has 0 aliphatic rings. The Bertz CT molecular complexity index is 1170. The molecule has 0 radical (unpaired) electrons.